The van der Waals surface area contributed by atoms with Gasteiger partial charge < -0.3 is 0 Å². The molecule has 0 aromatic heterocycles. The standard InChI is InChI=1S/C19H15BrN2O/c20-18-9-6-14(7-10-18)12-19(23)22-21-13-15-5-8-16-3-1-2-4-17(16)11-15/h1-11,13H,12H2,(H,22,23)/b21-13+. The fourth-order valence-corrected chi connectivity index (χ4v) is 2.56. The quantitative estimate of drug-likeness (QED) is 0.542. The largest absolute Gasteiger partial charge is 0.273 e. The van der Waals surface area contributed by atoms with E-state index in [4.69, 9.17) is 0 Å². The van der Waals surface area contributed by atoms with Gasteiger partial charge in [0.15, 0.2) is 0 Å². The average Bonchev–Trinajstić information content (AvgIpc) is 2.57. The molecule has 23 heavy (non-hydrogen) atoms. The highest BCUT2D eigenvalue weighted by Crippen LogP contribution is 2.14. The van der Waals surface area contributed by atoms with Crippen molar-refractivity contribution in [1.29, 1.82) is 0 Å². The first-order chi connectivity index (χ1) is 11.2. The molecular formula is C19H15BrN2O. The van der Waals surface area contributed by atoms with Crippen LogP contribution in [-0.4, -0.2) is 12.1 Å². The Morgan fingerprint density at radius 3 is 2.52 bits per heavy atom. The van der Waals surface area contributed by atoms with Gasteiger partial charge in [0.25, 0.3) is 0 Å². The third kappa shape index (κ3) is 4.27. The molecule has 3 aromatic carbocycles. The number of hydrazone groups is 1. The molecule has 1 amide bonds. The predicted octanol–water partition coefficient (Wildman–Crippen LogP) is 4.30. The van der Waals surface area contributed by atoms with Crippen molar-refractivity contribution in [2.75, 3.05) is 0 Å². The van der Waals surface area contributed by atoms with Crippen molar-refractivity contribution in [3.8, 4) is 0 Å². The molecule has 0 atom stereocenters. The Balaban J connectivity index is 1.60. The number of fused-ring (bicyclic) bond motifs is 1. The van der Waals surface area contributed by atoms with E-state index in [0.29, 0.717) is 6.42 Å². The summed E-state index contributed by atoms with van der Waals surface area (Å²) in [5.41, 5.74) is 4.46. The van der Waals surface area contributed by atoms with E-state index in [1.807, 2.05) is 54.6 Å². The average molecular weight is 367 g/mol. The summed E-state index contributed by atoms with van der Waals surface area (Å²) in [5.74, 6) is -0.135. The fraction of sp³-hybridized carbons (Fsp3) is 0.0526. The molecule has 0 bridgehead atoms. The van der Waals surface area contributed by atoms with Crippen molar-refractivity contribution in [1.82, 2.24) is 5.43 Å². The van der Waals surface area contributed by atoms with E-state index in [9.17, 15) is 4.79 Å². The lowest BCUT2D eigenvalue weighted by Crippen LogP contribution is -2.19. The smallest absolute Gasteiger partial charge is 0.244 e. The third-order valence-electron chi connectivity index (χ3n) is 3.45. The van der Waals surface area contributed by atoms with Crippen molar-refractivity contribution < 1.29 is 4.79 Å². The van der Waals surface area contributed by atoms with Crippen LogP contribution in [0.5, 0.6) is 0 Å². The van der Waals surface area contributed by atoms with Gasteiger partial charge >= 0.3 is 0 Å². The molecule has 0 saturated carbocycles. The second kappa shape index (κ2) is 7.20. The number of carbonyl (C=O) groups excluding carboxylic acids is 1. The summed E-state index contributed by atoms with van der Waals surface area (Å²) in [4.78, 5) is 11.9. The fourth-order valence-electron chi connectivity index (χ4n) is 2.29. The number of amides is 1. The third-order valence-corrected chi connectivity index (χ3v) is 3.98. The molecule has 0 unspecified atom stereocenters. The lowest BCUT2D eigenvalue weighted by atomic mass is 10.1. The van der Waals surface area contributed by atoms with E-state index >= 15 is 0 Å². The minimum atomic E-state index is -0.135. The summed E-state index contributed by atoms with van der Waals surface area (Å²) in [6.45, 7) is 0. The molecule has 0 heterocycles. The van der Waals surface area contributed by atoms with Crippen molar-refractivity contribution in [3.05, 3.63) is 82.3 Å². The number of halogens is 1. The van der Waals surface area contributed by atoms with Gasteiger partial charge in [0.1, 0.15) is 0 Å². The van der Waals surface area contributed by atoms with Gasteiger partial charge in [-0.15, -0.1) is 0 Å². The summed E-state index contributed by atoms with van der Waals surface area (Å²) < 4.78 is 0.996. The van der Waals surface area contributed by atoms with E-state index in [-0.39, 0.29) is 5.91 Å². The Hall–Kier alpha value is -2.46. The zero-order valence-corrected chi connectivity index (χ0v) is 14.0. The molecule has 114 valence electrons. The zero-order chi connectivity index (χ0) is 16.1. The Morgan fingerprint density at radius 2 is 1.74 bits per heavy atom. The van der Waals surface area contributed by atoms with Crippen LogP contribution in [-0.2, 0) is 11.2 Å². The van der Waals surface area contributed by atoms with Gasteiger partial charge in [-0.25, -0.2) is 5.43 Å². The van der Waals surface area contributed by atoms with E-state index in [1.165, 1.54) is 5.39 Å². The number of nitrogens with one attached hydrogen (secondary N) is 1. The molecule has 1 N–H and O–H groups in total. The van der Waals surface area contributed by atoms with Crippen molar-refractivity contribution in [2.24, 2.45) is 5.10 Å². The highest BCUT2D eigenvalue weighted by atomic mass is 79.9. The van der Waals surface area contributed by atoms with Crippen LogP contribution >= 0.6 is 15.9 Å². The predicted molar refractivity (Wildman–Crippen MR) is 97.5 cm³/mol. The van der Waals surface area contributed by atoms with Crippen molar-refractivity contribution in [2.45, 2.75) is 6.42 Å². The lowest BCUT2D eigenvalue weighted by Gasteiger charge is -2.01. The minimum Gasteiger partial charge on any atom is -0.273 e. The molecule has 4 heteroatoms. The Bertz CT molecular complexity index is 857. The Kier molecular flexibility index (Phi) is 4.83. The minimum absolute atomic E-state index is 0.135. The number of hydrogen-bond donors (Lipinski definition) is 1. The molecule has 0 spiro atoms. The summed E-state index contributed by atoms with van der Waals surface area (Å²) in [7, 11) is 0. The molecule has 0 aliphatic rings. The van der Waals surface area contributed by atoms with Crippen LogP contribution in [0.3, 0.4) is 0 Å². The number of carbonyl (C=O) groups is 1. The van der Waals surface area contributed by atoms with Crippen LogP contribution < -0.4 is 5.43 Å². The second-order valence-corrected chi connectivity index (χ2v) is 6.12. The SMILES string of the molecule is O=C(Cc1ccc(Br)cc1)N/N=C/c1ccc2ccccc2c1. The lowest BCUT2D eigenvalue weighted by molar-refractivity contribution is -0.120. The van der Waals surface area contributed by atoms with Crippen LogP contribution in [0, 0.1) is 0 Å². The van der Waals surface area contributed by atoms with Crippen LogP contribution in [0.4, 0.5) is 0 Å². The molecule has 0 aliphatic heterocycles. The molecule has 0 aliphatic carbocycles. The van der Waals surface area contributed by atoms with Crippen molar-refractivity contribution >= 4 is 38.8 Å². The maximum Gasteiger partial charge on any atom is 0.244 e. The summed E-state index contributed by atoms with van der Waals surface area (Å²) in [5, 5.41) is 6.36. The van der Waals surface area contributed by atoms with Crippen LogP contribution in [0.15, 0.2) is 76.3 Å². The van der Waals surface area contributed by atoms with Gasteiger partial charge in [0.05, 0.1) is 12.6 Å². The second-order valence-electron chi connectivity index (χ2n) is 5.20. The first-order valence-corrected chi connectivity index (χ1v) is 8.05. The monoisotopic (exact) mass is 366 g/mol. The Morgan fingerprint density at radius 1 is 1.00 bits per heavy atom. The van der Waals surface area contributed by atoms with Gasteiger partial charge in [0, 0.05) is 4.47 Å². The highest BCUT2D eigenvalue weighted by molar-refractivity contribution is 9.10. The molecule has 3 nitrogen and oxygen atoms in total. The Labute approximate surface area is 143 Å². The molecule has 0 fully saturated rings. The van der Waals surface area contributed by atoms with Crippen LogP contribution in [0.25, 0.3) is 10.8 Å². The van der Waals surface area contributed by atoms with E-state index in [1.54, 1.807) is 6.21 Å². The normalized spacial score (nSPS) is 11.0. The maximum absolute atomic E-state index is 11.9. The maximum atomic E-state index is 11.9. The van der Waals surface area contributed by atoms with Gasteiger partial charge in [-0.1, -0.05) is 64.5 Å². The highest BCUT2D eigenvalue weighted by Gasteiger charge is 2.01. The zero-order valence-electron chi connectivity index (χ0n) is 12.4. The number of hydrogen-bond acceptors (Lipinski definition) is 2. The summed E-state index contributed by atoms with van der Waals surface area (Å²) in [6.07, 6.45) is 1.97. The van der Waals surface area contributed by atoms with E-state index < -0.39 is 0 Å². The summed E-state index contributed by atoms with van der Waals surface area (Å²) >= 11 is 3.37. The molecule has 3 rings (SSSR count). The van der Waals surface area contributed by atoms with Gasteiger partial charge in [-0.3, -0.25) is 4.79 Å². The van der Waals surface area contributed by atoms with Gasteiger partial charge in [-0.2, -0.15) is 5.10 Å². The molecule has 3 aromatic rings. The summed E-state index contributed by atoms with van der Waals surface area (Å²) in [6, 6.07) is 21.9. The first kappa shape index (κ1) is 15.4. The van der Waals surface area contributed by atoms with Gasteiger partial charge in [0.2, 0.25) is 5.91 Å². The van der Waals surface area contributed by atoms with Crippen molar-refractivity contribution in [3.63, 3.8) is 0 Å². The van der Waals surface area contributed by atoms with E-state index in [0.717, 1.165) is 21.0 Å². The topological polar surface area (TPSA) is 41.5 Å². The van der Waals surface area contributed by atoms with Crippen LogP contribution in [0.1, 0.15) is 11.1 Å². The number of nitrogens with zero attached hydrogens (tertiary/aromatic N) is 1. The molecule has 0 saturated heterocycles. The van der Waals surface area contributed by atoms with Crippen LogP contribution in [0.2, 0.25) is 0 Å². The van der Waals surface area contributed by atoms with E-state index in [2.05, 4.69) is 38.6 Å². The number of benzene rings is 3. The molecule has 0 radical (unpaired) electrons. The number of rotatable bonds is 4. The first-order valence-electron chi connectivity index (χ1n) is 7.26. The van der Waals surface area contributed by atoms with Gasteiger partial charge in [-0.05, 0) is 40.1 Å². The molecular weight excluding hydrogens is 352 g/mol.